The monoisotopic (exact) mass is 357 g/mol. The minimum absolute atomic E-state index is 0.163. The number of rotatable bonds is 7. The third-order valence-electron chi connectivity index (χ3n) is 4.02. The summed E-state index contributed by atoms with van der Waals surface area (Å²) >= 11 is 0. The highest BCUT2D eigenvalue weighted by atomic mass is 16.5. The van der Waals surface area contributed by atoms with E-state index in [1.54, 1.807) is 6.92 Å². The van der Waals surface area contributed by atoms with Crippen molar-refractivity contribution in [3.05, 3.63) is 59.2 Å². The Labute approximate surface area is 152 Å². The Morgan fingerprint density at radius 3 is 2.42 bits per heavy atom. The van der Waals surface area contributed by atoms with E-state index in [1.165, 1.54) is 12.1 Å². The smallest absolute Gasteiger partial charge is 0.342 e. The van der Waals surface area contributed by atoms with Gasteiger partial charge < -0.3 is 20.3 Å². The van der Waals surface area contributed by atoms with E-state index < -0.39 is 24.2 Å². The molecule has 6 nitrogen and oxygen atoms in total. The zero-order chi connectivity index (χ0) is 19.1. The molecule has 0 saturated heterocycles. The maximum Gasteiger partial charge on any atom is 0.342 e. The van der Waals surface area contributed by atoms with Crippen LogP contribution in [-0.4, -0.2) is 28.7 Å². The van der Waals surface area contributed by atoms with Crippen molar-refractivity contribution < 1.29 is 24.5 Å². The van der Waals surface area contributed by atoms with Crippen LogP contribution in [0.1, 0.15) is 47.3 Å². The highest BCUT2D eigenvalue weighted by Crippen LogP contribution is 2.32. The van der Waals surface area contributed by atoms with E-state index in [2.05, 4.69) is 5.32 Å². The van der Waals surface area contributed by atoms with Crippen molar-refractivity contribution in [1.82, 2.24) is 5.32 Å². The highest BCUT2D eigenvalue weighted by molar-refractivity contribution is 5.95. The number of esters is 1. The summed E-state index contributed by atoms with van der Waals surface area (Å²) in [4.78, 5) is 24.2. The van der Waals surface area contributed by atoms with Crippen LogP contribution >= 0.6 is 0 Å². The highest BCUT2D eigenvalue weighted by Gasteiger charge is 2.19. The molecule has 0 saturated carbocycles. The fourth-order valence-corrected chi connectivity index (χ4v) is 2.59. The van der Waals surface area contributed by atoms with Crippen LogP contribution < -0.4 is 5.32 Å². The number of hydrogen-bond donors (Lipinski definition) is 3. The summed E-state index contributed by atoms with van der Waals surface area (Å²) in [5, 5.41) is 22.4. The van der Waals surface area contributed by atoms with E-state index in [9.17, 15) is 19.8 Å². The maximum absolute atomic E-state index is 12.1. The Morgan fingerprint density at radius 1 is 1.08 bits per heavy atom. The Morgan fingerprint density at radius 2 is 1.77 bits per heavy atom. The summed E-state index contributed by atoms with van der Waals surface area (Å²) in [5.74, 6) is -2.24. The van der Waals surface area contributed by atoms with E-state index in [-0.39, 0.29) is 17.4 Å². The molecule has 0 radical (unpaired) electrons. The van der Waals surface area contributed by atoms with Crippen molar-refractivity contribution in [2.24, 2.45) is 0 Å². The molecule has 138 valence electrons. The number of aromatic hydroxyl groups is 2. The largest absolute Gasteiger partial charge is 0.504 e. The quantitative estimate of drug-likeness (QED) is 0.522. The second kappa shape index (κ2) is 8.89. The number of benzene rings is 2. The molecule has 0 fully saturated rings. The minimum Gasteiger partial charge on any atom is -0.504 e. The number of phenols is 2. The summed E-state index contributed by atoms with van der Waals surface area (Å²) in [6, 6.07) is 12.2. The zero-order valence-electron chi connectivity index (χ0n) is 14.9. The number of carbonyl (C=O) groups excluding carboxylic acids is 2. The van der Waals surface area contributed by atoms with Crippen LogP contribution in [0, 0.1) is 6.92 Å². The topological polar surface area (TPSA) is 95.9 Å². The summed E-state index contributed by atoms with van der Waals surface area (Å²) in [7, 11) is 0. The molecular weight excluding hydrogens is 334 g/mol. The molecule has 6 heteroatoms. The first-order valence-corrected chi connectivity index (χ1v) is 8.47. The average molecular weight is 357 g/mol. The molecule has 0 heterocycles. The molecule has 1 amide bonds. The standard InChI is InChI=1S/C20H23NO5/c1-3-7-16(14-8-5-4-6-9-14)21-17(22)12-26-20(25)15-11-10-13(2)18(23)19(15)24/h4-6,8-11,16,23-24H,3,7,12H2,1-2H3,(H,21,22). The van der Waals surface area contributed by atoms with Crippen LogP contribution in [0.3, 0.4) is 0 Å². The Bertz CT molecular complexity index is 773. The fraction of sp³-hybridized carbons (Fsp3) is 0.300. The van der Waals surface area contributed by atoms with E-state index in [0.717, 1.165) is 18.4 Å². The minimum atomic E-state index is -0.875. The number of phenolic OH excluding ortho intramolecular Hbond substituents is 2. The molecule has 1 unspecified atom stereocenters. The van der Waals surface area contributed by atoms with Gasteiger partial charge in [0.05, 0.1) is 6.04 Å². The molecule has 0 aromatic heterocycles. The number of ether oxygens (including phenoxy) is 1. The van der Waals surface area contributed by atoms with Gasteiger partial charge in [-0.05, 0) is 30.5 Å². The Kier molecular flexibility index (Phi) is 6.60. The van der Waals surface area contributed by atoms with E-state index >= 15 is 0 Å². The van der Waals surface area contributed by atoms with Crippen LogP contribution in [0.2, 0.25) is 0 Å². The SMILES string of the molecule is CCCC(NC(=O)COC(=O)c1ccc(C)c(O)c1O)c1ccccc1. The van der Waals surface area contributed by atoms with Gasteiger partial charge in [0.2, 0.25) is 0 Å². The lowest BCUT2D eigenvalue weighted by Crippen LogP contribution is -2.32. The van der Waals surface area contributed by atoms with Gasteiger partial charge in [0.25, 0.3) is 5.91 Å². The summed E-state index contributed by atoms with van der Waals surface area (Å²) in [5.41, 5.74) is 1.23. The molecule has 0 spiro atoms. The first kappa shape index (κ1) is 19.3. The number of amides is 1. The second-order valence-electron chi connectivity index (χ2n) is 6.02. The van der Waals surface area contributed by atoms with Crippen LogP contribution in [0.15, 0.2) is 42.5 Å². The van der Waals surface area contributed by atoms with Crippen molar-refractivity contribution in [2.75, 3.05) is 6.61 Å². The van der Waals surface area contributed by atoms with E-state index in [0.29, 0.717) is 5.56 Å². The second-order valence-corrected chi connectivity index (χ2v) is 6.02. The molecule has 1 atom stereocenters. The molecule has 0 aliphatic rings. The van der Waals surface area contributed by atoms with Crippen LogP contribution in [0.5, 0.6) is 11.5 Å². The van der Waals surface area contributed by atoms with Crippen molar-refractivity contribution >= 4 is 11.9 Å². The lowest BCUT2D eigenvalue weighted by atomic mass is 10.0. The van der Waals surface area contributed by atoms with Crippen molar-refractivity contribution in [1.29, 1.82) is 0 Å². The molecule has 2 aromatic carbocycles. The van der Waals surface area contributed by atoms with Gasteiger partial charge in [-0.3, -0.25) is 4.79 Å². The maximum atomic E-state index is 12.1. The Hall–Kier alpha value is -3.02. The predicted molar refractivity (Wildman–Crippen MR) is 97.0 cm³/mol. The van der Waals surface area contributed by atoms with Crippen LogP contribution in [0.4, 0.5) is 0 Å². The molecule has 2 aromatic rings. The van der Waals surface area contributed by atoms with Crippen molar-refractivity contribution in [3.8, 4) is 11.5 Å². The lowest BCUT2D eigenvalue weighted by Gasteiger charge is -2.18. The summed E-state index contributed by atoms with van der Waals surface area (Å²) in [6.07, 6.45) is 1.65. The van der Waals surface area contributed by atoms with Gasteiger partial charge in [0, 0.05) is 0 Å². The molecule has 0 aliphatic heterocycles. The number of nitrogens with one attached hydrogen (secondary N) is 1. The molecule has 0 aliphatic carbocycles. The van der Waals surface area contributed by atoms with Gasteiger partial charge in [0.15, 0.2) is 18.1 Å². The third-order valence-corrected chi connectivity index (χ3v) is 4.02. The predicted octanol–water partition coefficient (Wildman–Crippen LogP) is 3.22. The van der Waals surface area contributed by atoms with Gasteiger partial charge in [-0.2, -0.15) is 0 Å². The number of aryl methyl sites for hydroxylation is 1. The zero-order valence-corrected chi connectivity index (χ0v) is 14.9. The third kappa shape index (κ3) is 4.75. The first-order valence-electron chi connectivity index (χ1n) is 8.47. The Balaban J connectivity index is 1.97. The fourth-order valence-electron chi connectivity index (χ4n) is 2.59. The summed E-state index contributed by atoms with van der Waals surface area (Å²) < 4.78 is 4.96. The average Bonchev–Trinajstić information content (AvgIpc) is 2.64. The summed E-state index contributed by atoms with van der Waals surface area (Å²) in [6.45, 7) is 3.14. The number of carbonyl (C=O) groups is 2. The normalized spacial score (nSPS) is 11.6. The lowest BCUT2D eigenvalue weighted by molar-refractivity contribution is -0.125. The van der Waals surface area contributed by atoms with Gasteiger partial charge in [0.1, 0.15) is 5.56 Å². The van der Waals surface area contributed by atoms with E-state index in [4.69, 9.17) is 4.74 Å². The first-order chi connectivity index (χ1) is 12.4. The van der Waals surface area contributed by atoms with Crippen LogP contribution in [0.25, 0.3) is 0 Å². The number of hydrogen-bond acceptors (Lipinski definition) is 5. The van der Waals surface area contributed by atoms with Crippen molar-refractivity contribution in [3.63, 3.8) is 0 Å². The molecule has 3 N–H and O–H groups in total. The van der Waals surface area contributed by atoms with Gasteiger partial charge in [-0.15, -0.1) is 0 Å². The van der Waals surface area contributed by atoms with Gasteiger partial charge in [-0.1, -0.05) is 49.7 Å². The molecule has 0 bridgehead atoms. The van der Waals surface area contributed by atoms with Crippen LogP contribution in [-0.2, 0) is 9.53 Å². The molecule has 2 rings (SSSR count). The van der Waals surface area contributed by atoms with Gasteiger partial charge >= 0.3 is 5.97 Å². The molecule has 26 heavy (non-hydrogen) atoms. The van der Waals surface area contributed by atoms with E-state index in [1.807, 2.05) is 37.3 Å². The van der Waals surface area contributed by atoms with Gasteiger partial charge in [-0.25, -0.2) is 4.79 Å². The van der Waals surface area contributed by atoms with Crippen molar-refractivity contribution in [2.45, 2.75) is 32.7 Å². The molecular formula is C20H23NO5.